The summed E-state index contributed by atoms with van der Waals surface area (Å²) in [5.74, 6) is 1.45. The molecule has 3 rings (SSSR count). The zero-order valence-corrected chi connectivity index (χ0v) is 13.6. The molecule has 0 aliphatic carbocycles. The van der Waals surface area contributed by atoms with Gasteiger partial charge in [-0.2, -0.15) is 4.68 Å². The summed E-state index contributed by atoms with van der Waals surface area (Å²) in [4.78, 5) is 2.41. The molecule has 2 heterocycles. The topological polar surface area (TPSA) is 72.9 Å². The molecule has 0 bridgehead atoms. The second kappa shape index (κ2) is 7.67. The first kappa shape index (κ1) is 16.9. The third-order valence-electron chi connectivity index (χ3n) is 4.19. The van der Waals surface area contributed by atoms with Crippen LogP contribution in [-0.4, -0.2) is 44.2 Å². The Morgan fingerprint density at radius 2 is 2.09 bits per heavy atom. The molecule has 22 heavy (non-hydrogen) atoms. The summed E-state index contributed by atoms with van der Waals surface area (Å²) in [6.07, 6.45) is 2.41. The monoisotopic (exact) mass is 322 g/mol. The molecule has 0 radical (unpaired) electrons. The Hall–Kier alpha value is -1.50. The number of tetrazole rings is 1. The lowest BCUT2D eigenvalue weighted by Crippen LogP contribution is -2.42. The van der Waals surface area contributed by atoms with E-state index in [2.05, 4.69) is 27.3 Å². The minimum absolute atomic E-state index is 0. The quantitative estimate of drug-likeness (QED) is 0.926. The van der Waals surface area contributed by atoms with Crippen LogP contribution in [0.25, 0.3) is 5.69 Å². The van der Waals surface area contributed by atoms with E-state index in [1.54, 1.807) is 0 Å². The highest BCUT2D eigenvalue weighted by molar-refractivity contribution is 5.85. The Kier molecular flexibility index (Phi) is 5.88. The number of para-hydroxylation sites is 1. The maximum Gasteiger partial charge on any atom is 0.170 e. The van der Waals surface area contributed by atoms with Crippen LogP contribution in [0.15, 0.2) is 30.3 Å². The molecule has 0 amide bonds. The van der Waals surface area contributed by atoms with Crippen LogP contribution in [-0.2, 0) is 6.54 Å². The fourth-order valence-electron chi connectivity index (χ4n) is 2.94. The van der Waals surface area contributed by atoms with E-state index in [0.717, 1.165) is 31.1 Å². The molecule has 1 aliphatic heterocycles. The van der Waals surface area contributed by atoms with Crippen LogP contribution in [0.1, 0.15) is 25.6 Å². The van der Waals surface area contributed by atoms with Crippen molar-refractivity contribution in [3.05, 3.63) is 36.2 Å². The number of hydrogen-bond donors (Lipinski definition) is 1. The highest BCUT2D eigenvalue weighted by Gasteiger charge is 2.24. The van der Waals surface area contributed by atoms with E-state index in [-0.39, 0.29) is 18.4 Å². The van der Waals surface area contributed by atoms with Crippen molar-refractivity contribution in [3.63, 3.8) is 0 Å². The Labute approximate surface area is 137 Å². The van der Waals surface area contributed by atoms with E-state index in [0.29, 0.717) is 5.92 Å². The number of rotatable bonds is 4. The average Bonchev–Trinajstić information content (AvgIpc) is 2.96. The number of nitrogens with two attached hydrogens (primary N) is 1. The van der Waals surface area contributed by atoms with Crippen LogP contribution in [0.3, 0.4) is 0 Å². The lowest BCUT2D eigenvalue weighted by atomic mass is 9.92. The molecule has 0 saturated carbocycles. The number of halogens is 1. The molecule has 7 heteroatoms. The first-order chi connectivity index (χ1) is 10.2. The van der Waals surface area contributed by atoms with Crippen molar-refractivity contribution in [2.45, 2.75) is 32.4 Å². The van der Waals surface area contributed by atoms with Gasteiger partial charge in [-0.15, -0.1) is 17.5 Å². The lowest BCUT2D eigenvalue weighted by molar-refractivity contribution is 0.150. The second-order valence-corrected chi connectivity index (χ2v) is 5.84. The van der Waals surface area contributed by atoms with Crippen molar-refractivity contribution in [3.8, 4) is 5.69 Å². The van der Waals surface area contributed by atoms with Gasteiger partial charge in [-0.1, -0.05) is 18.2 Å². The maximum atomic E-state index is 6.05. The summed E-state index contributed by atoms with van der Waals surface area (Å²) in [7, 11) is 0. The smallest absolute Gasteiger partial charge is 0.170 e. The Morgan fingerprint density at radius 3 is 2.82 bits per heavy atom. The van der Waals surface area contributed by atoms with Gasteiger partial charge in [-0.3, -0.25) is 4.90 Å². The molecular formula is C15H23ClN6. The standard InChI is InChI=1S/C15H22N6.ClH/c1-12(16)13-6-5-9-20(10-13)11-15-17-18-19-21(15)14-7-3-2-4-8-14;/h2-4,7-8,12-13H,5-6,9-11,16H2,1H3;1H. The molecule has 2 atom stereocenters. The highest BCUT2D eigenvalue weighted by Crippen LogP contribution is 2.20. The van der Waals surface area contributed by atoms with E-state index in [1.165, 1.54) is 12.8 Å². The molecule has 1 fully saturated rings. The van der Waals surface area contributed by atoms with Crippen LogP contribution in [0.4, 0.5) is 0 Å². The maximum absolute atomic E-state index is 6.05. The molecule has 2 N–H and O–H groups in total. The van der Waals surface area contributed by atoms with Crippen LogP contribution in [0.2, 0.25) is 0 Å². The van der Waals surface area contributed by atoms with E-state index in [4.69, 9.17) is 5.73 Å². The summed E-state index contributed by atoms with van der Waals surface area (Å²) in [5.41, 5.74) is 7.05. The number of piperidine rings is 1. The van der Waals surface area contributed by atoms with E-state index >= 15 is 0 Å². The van der Waals surface area contributed by atoms with Crippen molar-refractivity contribution < 1.29 is 0 Å². The zero-order valence-electron chi connectivity index (χ0n) is 12.8. The predicted octanol–water partition coefficient (Wildman–Crippen LogP) is 1.64. The molecule has 2 unspecified atom stereocenters. The summed E-state index contributed by atoms with van der Waals surface area (Å²) in [6.45, 7) is 4.98. The van der Waals surface area contributed by atoms with Gasteiger partial charge in [0.25, 0.3) is 0 Å². The SMILES string of the molecule is CC(N)C1CCCN(Cc2nnnn2-c2ccccc2)C1.Cl. The van der Waals surface area contributed by atoms with Crippen LogP contribution < -0.4 is 5.73 Å². The van der Waals surface area contributed by atoms with Gasteiger partial charge in [0, 0.05) is 12.6 Å². The lowest BCUT2D eigenvalue weighted by Gasteiger charge is -2.34. The largest absolute Gasteiger partial charge is 0.328 e. The number of hydrogen-bond acceptors (Lipinski definition) is 5. The van der Waals surface area contributed by atoms with Crippen molar-refractivity contribution in [1.29, 1.82) is 0 Å². The van der Waals surface area contributed by atoms with Crippen molar-refractivity contribution >= 4 is 12.4 Å². The molecule has 1 aromatic heterocycles. The van der Waals surface area contributed by atoms with Crippen LogP contribution in [0, 0.1) is 5.92 Å². The number of nitrogens with zero attached hydrogens (tertiary/aromatic N) is 5. The molecule has 0 spiro atoms. The summed E-state index contributed by atoms with van der Waals surface area (Å²) < 4.78 is 1.81. The van der Waals surface area contributed by atoms with Gasteiger partial charge in [0.15, 0.2) is 5.82 Å². The third-order valence-corrected chi connectivity index (χ3v) is 4.19. The first-order valence-corrected chi connectivity index (χ1v) is 7.54. The van der Waals surface area contributed by atoms with Gasteiger partial charge in [0.2, 0.25) is 0 Å². The van der Waals surface area contributed by atoms with E-state index in [1.807, 2.05) is 35.0 Å². The highest BCUT2D eigenvalue weighted by atomic mass is 35.5. The fourth-order valence-corrected chi connectivity index (χ4v) is 2.94. The number of likely N-dealkylation sites (tertiary alicyclic amines) is 1. The van der Waals surface area contributed by atoms with Crippen molar-refractivity contribution in [2.75, 3.05) is 13.1 Å². The molecule has 1 saturated heterocycles. The number of aromatic nitrogens is 4. The zero-order chi connectivity index (χ0) is 14.7. The van der Waals surface area contributed by atoms with Gasteiger partial charge in [0.05, 0.1) is 12.2 Å². The van der Waals surface area contributed by atoms with Gasteiger partial charge >= 0.3 is 0 Å². The third kappa shape index (κ3) is 3.82. The van der Waals surface area contributed by atoms with E-state index in [9.17, 15) is 0 Å². The normalized spacial score (nSPS) is 20.4. The molecule has 1 aromatic carbocycles. The van der Waals surface area contributed by atoms with Crippen LogP contribution >= 0.6 is 12.4 Å². The van der Waals surface area contributed by atoms with Crippen molar-refractivity contribution in [2.24, 2.45) is 11.7 Å². The van der Waals surface area contributed by atoms with Crippen LogP contribution in [0.5, 0.6) is 0 Å². The average molecular weight is 323 g/mol. The number of benzene rings is 1. The van der Waals surface area contributed by atoms with Gasteiger partial charge in [-0.25, -0.2) is 0 Å². The Balaban J connectivity index is 0.00000176. The summed E-state index contributed by atoms with van der Waals surface area (Å²) >= 11 is 0. The molecule has 2 aromatic rings. The molecule has 1 aliphatic rings. The van der Waals surface area contributed by atoms with Gasteiger partial charge in [-0.05, 0) is 54.8 Å². The van der Waals surface area contributed by atoms with Gasteiger partial charge < -0.3 is 5.73 Å². The Bertz CT molecular complexity index is 570. The van der Waals surface area contributed by atoms with Crippen molar-refractivity contribution in [1.82, 2.24) is 25.1 Å². The minimum atomic E-state index is 0. The minimum Gasteiger partial charge on any atom is -0.328 e. The second-order valence-electron chi connectivity index (χ2n) is 5.84. The molecule has 120 valence electrons. The molecular weight excluding hydrogens is 300 g/mol. The fraction of sp³-hybridized carbons (Fsp3) is 0.533. The summed E-state index contributed by atoms with van der Waals surface area (Å²) in [6, 6.07) is 10.3. The van der Waals surface area contributed by atoms with Gasteiger partial charge in [0.1, 0.15) is 0 Å². The molecule has 6 nitrogen and oxygen atoms in total. The summed E-state index contributed by atoms with van der Waals surface area (Å²) in [5, 5.41) is 12.1. The Morgan fingerprint density at radius 1 is 1.32 bits per heavy atom. The van der Waals surface area contributed by atoms with E-state index < -0.39 is 0 Å². The first-order valence-electron chi connectivity index (χ1n) is 7.54. The predicted molar refractivity (Wildman–Crippen MR) is 88.1 cm³/mol.